The number of methoxy groups -OCH3 is 1. The molecule has 2 N–H and O–H groups in total. The molecule has 0 radical (unpaired) electrons. The SMILES string of the molecule is COC(=O)c1cccc(NC(=O)CC(=O)Nc2ccccc2Br)c1. The fourth-order valence-corrected chi connectivity index (χ4v) is 2.33. The summed E-state index contributed by atoms with van der Waals surface area (Å²) in [5.74, 6) is -1.43. The molecule has 2 rings (SSSR count). The standard InChI is InChI=1S/C17H15BrN2O4/c1-24-17(23)11-5-4-6-12(9-11)19-15(21)10-16(22)20-14-8-3-2-7-13(14)18/h2-9H,10H2,1H3,(H,19,21)(H,20,22). The number of benzene rings is 2. The minimum absolute atomic E-state index is 0.313. The third kappa shape index (κ3) is 4.92. The first-order valence-corrected chi connectivity index (χ1v) is 7.81. The highest BCUT2D eigenvalue weighted by Crippen LogP contribution is 2.21. The maximum Gasteiger partial charge on any atom is 0.337 e. The van der Waals surface area contributed by atoms with E-state index in [0.717, 1.165) is 4.47 Å². The molecule has 124 valence electrons. The normalized spacial score (nSPS) is 9.92. The Morgan fingerprint density at radius 3 is 2.42 bits per heavy atom. The fourth-order valence-electron chi connectivity index (χ4n) is 1.95. The van der Waals surface area contributed by atoms with Crippen molar-refractivity contribution in [1.29, 1.82) is 0 Å². The van der Waals surface area contributed by atoms with Crippen LogP contribution in [0.4, 0.5) is 11.4 Å². The molecule has 0 aliphatic rings. The predicted molar refractivity (Wildman–Crippen MR) is 93.8 cm³/mol. The molecular formula is C17H15BrN2O4. The Bertz CT molecular complexity index is 777. The van der Waals surface area contributed by atoms with Gasteiger partial charge in [0, 0.05) is 10.2 Å². The largest absolute Gasteiger partial charge is 0.465 e. The van der Waals surface area contributed by atoms with Crippen molar-refractivity contribution in [3.8, 4) is 0 Å². The molecule has 2 aromatic carbocycles. The summed E-state index contributed by atoms with van der Waals surface area (Å²) in [6.45, 7) is 0. The van der Waals surface area contributed by atoms with Gasteiger partial charge in [0.05, 0.1) is 18.4 Å². The van der Waals surface area contributed by atoms with Crippen molar-refractivity contribution in [1.82, 2.24) is 0 Å². The lowest BCUT2D eigenvalue weighted by Crippen LogP contribution is -2.21. The maximum atomic E-state index is 11.9. The Kier molecular flexibility index (Phi) is 6.08. The molecule has 0 aromatic heterocycles. The number of amides is 2. The third-order valence-corrected chi connectivity index (χ3v) is 3.73. The van der Waals surface area contributed by atoms with Gasteiger partial charge in [0.25, 0.3) is 0 Å². The summed E-state index contributed by atoms with van der Waals surface area (Å²) in [6, 6.07) is 13.4. The molecule has 0 bridgehead atoms. The zero-order valence-electron chi connectivity index (χ0n) is 12.8. The Labute approximate surface area is 147 Å². The van der Waals surface area contributed by atoms with Gasteiger partial charge in [-0.25, -0.2) is 4.79 Å². The van der Waals surface area contributed by atoms with Crippen LogP contribution in [0.1, 0.15) is 16.8 Å². The first kappa shape index (κ1) is 17.7. The van der Waals surface area contributed by atoms with Crippen LogP contribution in [0.25, 0.3) is 0 Å². The van der Waals surface area contributed by atoms with Gasteiger partial charge in [0.1, 0.15) is 6.42 Å². The maximum absolute atomic E-state index is 11.9. The summed E-state index contributed by atoms with van der Waals surface area (Å²) < 4.78 is 5.34. The molecule has 0 aliphatic carbocycles. The highest BCUT2D eigenvalue weighted by Gasteiger charge is 2.12. The zero-order valence-corrected chi connectivity index (χ0v) is 14.4. The topological polar surface area (TPSA) is 84.5 Å². The van der Waals surface area contributed by atoms with Crippen molar-refractivity contribution >= 4 is 45.1 Å². The predicted octanol–water partition coefficient (Wildman–Crippen LogP) is 3.20. The minimum Gasteiger partial charge on any atom is -0.465 e. The molecule has 2 amide bonds. The Morgan fingerprint density at radius 2 is 1.71 bits per heavy atom. The summed E-state index contributed by atoms with van der Waals surface area (Å²) in [4.78, 5) is 35.3. The number of rotatable bonds is 5. The second-order valence-corrected chi connectivity index (χ2v) is 5.68. The molecule has 0 fully saturated rings. The van der Waals surface area contributed by atoms with E-state index in [9.17, 15) is 14.4 Å². The van der Waals surface area contributed by atoms with E-state index in [4.69, 9.17) is 0 Å². The summed E-state index contributed by atoms with van der Waals surface area (Å²) >= 11 is 3.31. The number of carbonyl (C=O) groups excluding carboxylic acids is 3. The van der Waals surface area contributed by atoms with Gasteiger partial charge < -0.3 is 15.4 Å². The van der Waals surface area contributed by atoms with E-state index in [1.807, 2.05) is 6.07 Å². The van der Waals surface area contributed by atoms with Crippen LogP contribution in [0, 0.1) is 0 Å². The van der Waals surface area contributed by atoms with Gasteiger partial charge in [0.2, 0.25) is 11.8 Å². The van der Waals surface area contributed by atoms with Crippen LogP contribution in [0.5, 0.6) is 0 Å². The fraction of sp³-hybridized carbons (Fsp3) is 0.118. The van der Waals surface area contributed by atoms with Gasteiger partial charge in [-0.05, 0) is 46.3 Å². The smallest absolute Gasteiger partial charge is 0.337 e. The Morgan fingerprint density at radius 1 is 1.00 bits per heavy atom. The number of nitrogens with one attached hydrogen (secondary N) is 2. The van der Waals surface area contributed by atoms with Crippen molar-refractivity contribution in [2.45, 2.75) is 6.42 Å². The second kappa shape index (κ2) is 8.26. The molecule has 6 nitrogen and oxygen atoms in total. The van der Waals surface area contributed by atoms with E-state index in [-0.39, 0.29) is 6.42 Å². The van der Waals surface area contributed by atoms with Gasteiger partial charge >= 0.3 is 5.97 Å². The first-order valence-electron chi connectivity index (χ1n) is 7.02. The molecule has 0 unspecified atom stereocenters. The van der Waals surface area contributed by atoms with Crippen LogP contribution >= 0.6 is 15.9 Å². The molecule has 2 aromatic rings. The van der Waals surface area contributed by atoms with E-state index in [1.54, 1.807) is 36.4 Å². The number of halogens is 1. The number of carbonyl (C=O) groups is 3. The van der Waals surface area contributed by atoms with Crippen LogP contribution in [0.15, 0.2) is 53.0 Å². The van der Waals surface area contributed by atoms with E-state index in [2.05, 4.69) is 31.3 Å². The van der Waals surface area contributed by atoms with Crippen molar-refractivity contribution < 1.29 is 19.1 Å². The average Bonchev–Trinajstić information content (AvgIpc) is 2.56. The van der Waals surface area contributed by atoms with Gasteiger partial charge in [-0.15, -0.1) is 0 Å². The molecule has 0 saturated carbocycles. The van der Waals surface area contributed by atoms with Gasteiger partial charge in [0.15, 0.2) is 0 Å². The highest BCUT2D eigenvalue weighted by atomic mass is 79.9. The third-order valence-electron chi connectivity index (χ3n) is 3.04. The zero-order chi connectivity index (χ0) is 17.5. The van der Waals surface area contributed by atoms with Crippen LogP contribution in [-0.2, 0) is 14.3 Å². The number of ether oxygens (including phenoxy) is 1. The lowest BCUT2D eigenvalue weighted by Gasteiger charge is -2.08. The lowest BCUT2D eigenvalue weighted by molar-refractivity contribution is -0.123. The van der Waals surface area contributed by atoms with Crippen LogP contribution in [-0.4, -0.2) is 24.9 Å². The van der Waals surface area contributed by atoms with Gasteiger partial charge in [-0.1, -0.05) is 18.2 Å². The summed E-state index contributed by atoms with van der Waals surface area (Å²) in [7, 11) is 1.28. The highest BCUT2D eigenvalue weighted by molar-refractivity contribution is 9.10. The van der Waals surface area contributed by atoms with E-state index < -0.39 is 17.8 Å². The van der Waals surface area contributed by atoms with E-state index >= 15 is 0 Å². The Hall–Kier alpha value is -2.67. The second-order valence-electron chi connectivity index (χ2n) is 4.83. The molecular weight excluding hydrogens is 376 g/mol. The van der Waals surface area contributed by atoms with Crippen molar-refractivity contribution in [2.24, 2.45) is 0 Å². The molecule has 0 aliphatic heterocycles. The number of hydrogen-bond acceptors (Lipinski definition) is 4. The first-order chi connectivity index (χ1) is 11.5. The van der Waals surface area contributed by atoms with Crippen molar-refractivity contribution in [3.05, 3.63) is 58.6 Å². The quantitative estimate of drug-likeness (QED) is 0.606. The average molecular weight is 391 g/mol. The Balaban J connectivity index is 1.94. The molecule has 0 atom stereocenters. The number of hydrogen-bond donors (Lipinski definition) is 2. The number of esters is 1. The monoisotopic (exact) mass is 390 g/mol. The molecule has 0 heterocycles. The lowest BCUT2D eigenvalue weighted by atomic mass is 10.2. The molecule has 0 saturated heterocycles. The molecule has 0 spiro atoms. The van der Waals surface area contributed by atoms with E-state index in [0.29, 0.717) is 16.9 Å². The van der Waals surface area contributed by atoms with E-state index in [1.165, 1.54) is 13.2 Å². The van der Waals surface area contributed by atoms with Crippen LogP contribution < -0.4 is 10.6 Å². The van der Waals surface area contributed by atoms with Gasteiger partial charge in [-0.2, -0.15) is 0 Å². The number of anilines is 2. The van der Waals surface area contributed by atoms with Crippen LogP contribution in [0.3, 0.4) is 0 Å². The number of para-hydroxylation sites is 1. The molecule has 7 heteroatoms. The minimum atomic E-state index is -0.502. The van der Waals surface area contributed by atoms with Crippen molar-refractivity contribution in [2.75, 3.05) is 17.7 Å². The van der Waals surface area contributed by atoms with Crippen LogP contribution in [0.2, 0.25) is 0 Å². The summed E-state index contributed by atoms with van der Waals surface area (Å²) in [6.07, 6.45) is -0.343. The van der Waals surface area contributed by atoms with Gasteiger partial charge in [-0.3, -0.25) is 9.59 Å². The molecule has 24 heavy (non-hydrogen) atoms. The van der Waals surface area contributed by atoms with Crippen molar-refractivity contribution in [3.63, 3.8) is 0 Å². The summed E-state index contributed by atoms with van der Waals surface area (Å²) in [5, 5.41) is 5.22. The summed E-state index contributed by atoms with van der Waals surface area (Å²) in [5.41, 5.74) is 1.31.